The average molecular weight is 293 g/mol. The second-order valence-electron chi connectivity index (χ2n) is 5.46. The van der Waals surface area contributed by atoms with Crippen LogP contribution >= 0.6 is 0 Å². The van der Waals surface area contributed by atoms with Crippen LogP contribution in [0.25, 0.3) is 16.9 Å². The predicted octanol–water partition coefficient (Wildman–Crippen LogP) is 3.53. The van der Waals surface area contributed by atoms with E-state index in [1.807, 2.05) is 66.2 Å². The summed E-state index contributed by atoms with van der Waals surface area (Å²) in [7, 11) is 0. The van der Waals surface area contributed by atoms with E-state index in [9.17, 15) is 4.79 Å². The molecule has 4 heteroatoms. The van der Waals surface area contributed by atoms with Gasteiger partial charge in [0.05, 0.1) is 11.3 Å². The van der Waals surface area contributed by atoms with Crippen LogP contribution in [0.3, 0.4) is 0 Å². The first-order valence-electron chi connectivity index (χ1n) is 7.52. The molecule has 0 fully saturated rings. The Labute approximate surface area is 129 Å². The quantitative estimate of drug-likeness (QED) is 0.800. The molecule has 2 aromatic heterocycles. The first kappa shape index (κ1) is 14.3. The van der Waals surface area contributed by atoms with Crippen LogP contribution in [0.15, 0.2) is 54.9 Å². The number of carbonyl (C=O) groups is 1. The number of aromatic nitrogens is 2. The SMILES string of the molecule is CCC(C)NC(=O)c1ccc2nc(-c3ccccc3)cn2c1. The van der Waals surface area contributed by atoms with Gasteiger partial charge in [-0.1, -0.05) is 37.3 Å². The van der Waals surface area contributed by atoms with E-state index in [4.69, 9.17) is 0 Å². The Hall–Kier alpha value is -2.62. The third-order valence-electron chi connectivity index (χ3n) is 3.77. The number of hydrogen-bond acceptors (Lipinski definition) is 2. The molecule has 0 spiro atoms. The first-order chi connectivity index (χ1) is 10.7. The molecule has 112 valence electrons. The molecule has 1 unspecified atom stereocenters. The van der Waals surface area contributed by atoms with Gasteiger partial charge in [0, 0.05) is 24.0 Å². The zero-order chi connectivity index (χ0) is 15.5. The minimum Gasteiger partial charge on any atom is -0.350 e. The lowest BCUT2D eigenvalue weighted by Gasteiger charge is -2.11. The molecule has 4 nitrogen and oxygen atoms in total. The van der Waals surface area contributed by atoms with Crippen LogP contribution in [0.5, 0.6) is 0 Å². The zero-order valence-corrected chi connectivity index (χ0v) is 12.8. The van der Waals surface area contributed by atoms with Crippen molar-refractivity contribution < 1.29 is 4.79 Å². The summed E-state index contributed by atoms with van der Waals surface area (Å²) in [4.78, 5) is 16.8. The van der Waals surface area contributed by atoms with E-state index in [1.54, 1.807) is 0 Å². The Morgan fingerprint density at radius 2 is 1.95 bits per heavy atom. The van der Waals surface area contributed by atoms with E-state index in [-0.39, 0.29) is 11.9 Å². The van der Waals surface area contributed by atoms with Crippen molar-refractivity contribution in [2.75, 3.05) is 0 Å². The van der Waals surface area contributed by atoms with Crippen LogP contribution in [-0.4, -0.2) is 21.3 Å². The fourth-order valence-electron chi connectivity index (χ4n) is 2.28. The van der Waals surface area contributed by atoms with E-state index in [2.05, 4.69) is 17.2 Å². The summed E-state index contributed by atoms with van der Waals surface area (Å²) in [5, 5.41) is 2.98. The van der Waals surface area contributed by atoms with Gasteiger partial charge in [-0.15, -0.1) is 0 Å². The predicted molar refractivity (Wildman–Crippen MR) is 87.8 cm³/mol. The summed E-state index contributed by atoms with van der Waals surface area (Å²) < 4.78 is 1.90. The zero-order valence-electron chi connectivity index (χ0n) is 12.8. The van der Waals surface area contributed by atoms with Gasteiger partial charge in [0.2, 0.25) is 0 Å². The highest BCUT2D eigenvalue weighted by molar-refractivity contribution is 5.94. The molecular formula is C18H19N3O. The molecule has 0 aliphatic heterocycles. The molecule has 1 aromatic carbocycles. The largest absolute Gasteiger partial charge is 0.350 e. The van der Waals surface area contributed by atoms with Crippen LogP contribution in [0.4, 0.5) is 0 Å². The number of imidazole rings is 1. The number of benzene rings is 1. The number of hydrogen-bond donors (Lipinski definition) is 1. The lowest BCUT2D eigenvalue weighted by molar-refractivity contribution is 0.0939. The van der Waals surface area contributed by atoms with Gasteiger partial charge in [0.15, 0.2) is 0 Å². The fourth-order valence-corrected chi connectivity index (χ4v) is 2.28. The number of amides is 1. The molecule has 1 amide bonds. The molecule has 0 saturated carbocycles. The number of nitrogens with one attached hydrogen (secondary N) is 1. The maximum absolute atomic E-state index is 12.2. The molecule has 0 aliphatic rings. The Kier molecular flexibility index (Phi) is 3.92. The van der Waals surface area contributed by atoms with Gasteiger partial charge in [0.25, 0.3) is 5.91 Å². The van der Waals surface area contributed by atoms with Crippen molar-refractivity contribution in [2.45, 2.75) is 26.3 Å². The number of carbonyl (C=O) groups excluding carboxylic acids is 1. The Balaban J connectivity index is 1.92. The first-order valence-corrected chi connectivity index (χ1v) is 7.52. The molecule has 3 rings (SSSR count). The number of nitrogens with zero attached hydrogens (tertiary/aromatic N) is 2. The van der Waals surface area contributed by atoms with Gasteiger partial charge < -0.3 is 9.72 Å². The molecule has 0 radical (unpaired) electrons. The third-order valence-corrected chi connectivity index (χ3v) is 3.77. The van der Waals surface area contributed by atoms with Crippen molar-refractivity contribution in [1.82, 2.24) is 14.7 Å². The molecule has 0 bridgehead atoms. The summed E-state index contributed by atoms with van der Waals surface area (Å²) in [5.74, 6) is -0.0498. The third kappa shape index (κ3) is 2.86. The summed E-state index contributed by atoms with van der Waals surface area (Å²) in [6.07, 6.45) is 4.69. The molecular weight excluding hydrogens is 274 g/mol. The van der Waals surface area contributed by atoms with Crippen molar-refractivity contribution in [3.8, 4) is 11.3 Å². The maximum atomic E-state index is 12.2. The van der Waals surface area contributed by atoms with Crippen LogP contribution in [0, 0.1) is 0 Å². The van der Waals surface area contributed by atoms with Crippen LogP contribution in [0.1, 0.15) is 30.6 Å². The van der Waals surface area contributed by atoms with Crippen molar-refractivity contribution in [1.29, 1.82) is 0 Å². The molecule has 0 saturated heterocycles. The molecule has 1 N–H and O–H groups in total. The topological polar surface area (TPSA) is 46.4 Å². The minimum atomic E-state index is -0.0498. The van der Waals surface area contributed by atoms with Gasteiger partial charge in [-0.3, -0.25) is 4.79 Å². The van der Waals surface area contributed by atoms with Gasteiger partial charge in [-0.05, 0) is 25.5 Å². The molecule has 1 atom stereocenters. The van der Waals surface area contributed by atoms with E-state index < -0.39 is 0 Å². The average Bonchev–Trinajstić information content (AvgIpc) is 2.98. The lowest BCUT2D eigenvalue weighted by Crippen LogP contribution is -2.32. The summed E-state index contributed by atoms with van der Waals surface area (Å²) in [5.41, 5.74) is 3.45. The highest BCUT2D eigenvalue weighted by atomic mass is 16.1. The molecule has 22 heavy (non-hydrogen) atoms. The number of fused-ring (bicyclic) bond motifs is 1. The number of pyridine rings is 1. The van der Waals surface area contributed by atoms with Crippen LogP contribution in [-0.2, 0) is 0 Å². The van der Waals surface area contributed by atoms with Crippen molar-refractivity contribution in [2.24, 2.45) is 0 Å². The minimum absolute atomic E-state index is 0.0498. The van der Waals surface area contributed by atoms with E-state index in [1.165, 1.54) is 0 Å². The summed E-state index contributed by atoms with van der Waals surface area (Å²) >= 11 is 0. The van der Waals surface area contributed by atoms with Gasteiger partial charge >= 0.3 is 0 Å². The lowest BCUT2D eigenvalue weighted by atomic mass is 10.2. The van der Waals surface area contributed by atoms with Crippen molar-refractivity contribution in [3.63, 3.8) is 0 Å². The second-order valence-corrected chi connectivity index (χ2v) is 5.46. The van der Waals surface area contributed by atoms with Gasteiger partial charge in [-0.2, -0.15) is 0 Å². The normalized spacial score (nSPS) is 12.3. The van der Waals surface area contributed by atoms with Gasteiger partial charge in [0.1, 0.15) is 5.65 Å². The molecule has 0 aliphatic carbocycles. The number of rotatable bonds is 4. The van der Waals surface area contributed by atoms with Crippen molar-refractivity contribution in [3.05, 3.63) is 60.4 Å². The van der Waals surface area contributed by atoms with Gasteiger partial charge in [-0.25, -0.2) is 4.98 Å². The summed E-state index contributed by atoms with van der Waals surface area (Å²) in [6, 6.07) is 13.9. The van der Waals surface area contributed by atoms with Crippen LogP contribution < -0.4 is 5.32 Å². The molecule has 3 aromatic rings. The monoisotopic (exact) mass is 293 g/mol. The Morgan fingerprint density at radius 1 is 1.18 bits per heavy atom. The van der Waals surface area contributed by atoms with E-state index in [0.717, 1.165) is 23.3 Å². The smallest absolute Gasteiger partial charge is 0.252 e. The van der Waals surface area contributed by atoms with E-state index >= 15 is 0 Å². The second kappa shape index (κ2) is 6.02. The standard InChI is InChI=1S/C18H19N3O/c1-3-13(2)19-18(22)15-9-10-17-20-16(12-21(17)11-15)14-7-5-4-6-8-14/h4-13H,3H2,1-2H3,(H,19,22). The maximum Gasteiger partial charge on any atom is 0.252 e. The fraction of sp³-hybridized carbons (Fsp3) is 0.222. The van der Waals surface area contributed by atoms with E-state index in [0.29, 0.717) is 5.56 Å². The highest BCUT2D eigenvalue weighted by Crippen LogP contribution is 2.19. The summed E-state index contributed by atoms with van der Waals surface area (Å²) in [6.45, 7) is 4.05. The Morgan fingerprint density at radius 3 is 2.68 bits per heavy atom. The molecule has 2 heterocycles. The van der Waals surface area contributed by atoms with Crippen molar-refractivity contribution >= 4 is 11.6 Å². The van der Waals surface area contributed by atoms with Crippen LogP contribution in [0.2, 0.25) is 0 Å². The Bertz CT molecular complexity index is 792. The highest BCUT2D eigenvalue weighted by Gasteiger charge is 2.10.